The zero-order valence-corrected chi connectivity index (χ0v) is 10.8. The SMILES string of the molecule is CCCN(CCO)C(=O)C(NC(N)=O)C(C)C. The highest BCUT2D eigenvalue weighted by molar-refractivity contribution is 5.86. The monoisotopic (exact) mass is 245 g/mol. The molecule has 0 bridgehead atoms. The maximum Gasteiger partial charge on any atom is 0.312 e. The van der Waals surface area contributed by atoms with E-state index < -0.39 is 12.1 Å². The molecular formula is C11H23N3O3. The molecule has 0 aliphatic rings. The number of nitrogens with two attached hydrogens (primary N) is 1. The van der Waals surface area contributed by atoms with E-state index in [1.54, 1.807) is 4.90 Å². The van der Waals surface area contributed by atoms with Crippen molar-refractivity contribution in [3.63, 3.8) is 0 Å². The first-order valence-corrected chi connectivity index (χ1v) is 5.89. The summed E-state index contributed by atoms with van der Waals surface area (Å²) >= 11 is 0. The molecule has 6 heteroatoms. The number of urea groups is 1. The third-order valence-corrected chi connectivity index (χ3v) is 2.41. The first kappa shape index (κ1) is 15.7. The Morgan fingerprint density at radius 1 is 1.35 bits per heavy atom. The van der Waals surface area contributed by atoms with Crippen LogP contribution in [-0.4, -0.2) is 47.7 Å². The molecule has 1 atom stereocenters. The highest BCUT2D eigenvalue weighted by Gasteiger charge is 2.27. The van der Waals surface area contributed by atoms with Crippen molar-refractivity contribution < 1.29 is 14.7 Å². The van der Waals surface area contributed by atoms with Crippen molar-refractivity contribution in [3.05, 3.63) is 0 Å². The van der Waals surface area contributed by atoms with Crippen molar-refractivity contribution in [3.8, 4) is 0 Å². The van der Waals surface area contributed by atoms with Crippen LogP contribution in [0.15, 0.2) is 0 Å². The van der Waals surface area contributed by atoms with Gasteiger partial charge in [0.15, 0.2) is 0 Å². The second kappa shape index (κ2) is 7.89. The van der Waals surface area contributed by atoms with Crippen LogP contribution in [0, 0.1) is 5.92 Å². The third-order valence-electron chi connectivity index (χ3n) is 2.41. The average molecular weight is 245 g/mol. The summed E-state index contributed by atoms with van der Waals surface area (Å²) in [6.07, 6.45) is 0.799. The molecule has 100 valence electrons. The van der Waals surface area contributed by atoms with Gasteiger partial charge in [-0.2, -0.15) is 0 Å². The lowest BCUT2D eigenvalue weighted by Crippen LogP contribution is -2.53. The highest BCUT2D eigenvalue weighted by atomic mass is 16.3. The van der Waals surface area contributed by atoms with E-state index in [2.05, 4.69) is 5.32 Å². The van der Waals surface area contributed by atoms with Crippen molar-refractivity contribution in [2.45, 2.75) is 33.2 Å². The standard InChI is InChI=1S/C11H23N3O3/c1-4-5-14(6-7-15)10(16)9(8(2)3)13-11(12)17/h8-9,15H,4-7H2,1-3H3,(H3,12,13,17). The molecule has 0 aromatic carbocycles. The van der Waals surface area contributed by atoms with E-state index in [1.165, 1.54) is 0 Å². The molecule has 1 unspecified atom stereocenters. The minimum Gasteiger partial charge on any atom is -0.395 e. The Kier molecular flexibility index (Phi) is 7.29. The number of rotatable bonds is 7. The normalized spacial score (nSPS) is 12.3. The van der Waals surface area contributed by atoms with Crippen LogP contribution in [0.3, 0.4) is 0 Å². The minimum atomic E-state index is -0.711. The Hall–Kier alpha value is -1.30. The number of hydrogen-bond donors (Lipinski definition) is 3. The Bertz CT molecular complexity index is 250. The summed E-state index contributed by atoms with van der Waals surface area (Å²) in [6.45, 7) is 6.36. The molecule has 0 rings (SSSR count). The lowest BCUT2D eigenvalue weighted by atomic mass is 10.0. The summed E-state index contributed by atoms with van der Waals surface area (Å²) in [5, 5.41) is 11.4. The smallest absolute Gasteiger partial charge is 0.312 e. The number of hydrogen-bond acceptors (Lipinski definition) is 3. The number of aliphatic hydroxyl groups excluding tert-OH is 1. The number of nitrogens with zero attached hydrogens (tertiary/aromatic N) is 1. The fourth-order valence-corrected chi connectivity index (χ4v) is 1.59. The van der Waals surface area contributed by atoms with Crippen molar-refractivity contribution >= 4 is 11.9 Å². The van der Waals surface area contributed by atoms with Gasteiger partial charge in [0.25, 0.3) is 0 Å². The van der Waals surface area contributed by atoms with Gasteiger partial charge in [0.2, 0.25) is 5.91 Å². The van der Waals surface area contributed by atoms with Gasteiger partial charge in [-0.1, -0.05) is 20.8 Å². The number of carbonyl (C=O) groups excluding carboxylic acids is 2. The zero-order valence-electron chi connectivity index (χ0n) is 10.8. The van der Waals surface area contributed by atoms with Gasteiger partial charge < -0.3 is 21.1 Å². The second-order valence-electron chi connectivity index (χ2n) is 4.28. The molecular weight excluding hydrogens is 222 g/mol. The summed E-state index contributed by atoms with van der Waals surface area (Å²) < 4.78 is 0. The van der Waals surface area contributed by atoms with Crippen LogP contribution in [0.1, 0.15) is 27.2 Å². The molecule has 0 aliphatic heterocycles. The van der Waals surface area contributed by atoms with E-state index in [9.17, 15) is 9.59 Å². The first-order chi connectivity index (χ1) is 7.93. The predicted octanol–water partition coefficient (Wildman–Crippen LogP) is -0.0898. The van der Waals surface area contributed by atoms with Crippen molar-refractivity contribution in [1.29, 1.82) is 0 Å². The van der Waals surface area contributed by atoms with Gasteiger partial charge in [-0.25, -0.2) is 4.79 Å². The predicted molar refractivity (Wildman–Crippen MR) is 65.3 cm³/mol. The van der Waals surface area contributed by atoms with E-state index >= 15 is 0 Å². The lowest BCUT2D eigenvalue weighted by Gasteiger charge is -2.28. The van der Waals surface area contributed by atoms with Gasteiger partial charge in [-0.15, -0.1) is 0 Å². The van der Waals surface area contributed by atoms with Gasteiger partial charge in [0.05, 0.1) is 6.61 Å². The quantitative estimate of drug-likeness (QED) is 0.585. The van der Waals surface area contributed by atoms with Crippen molar-refractivity contribution in [2.75, 3.05) is 19.7 Å². The topological polar surface area (TPSA) is 95.7 Å². The number of aliphatic hydroxyl groups is 1. The number of amides is 3. The van der Waals surface area contributed by atoms with Gasteiger partial charge in [-0.3, -0.25) is 4.79 Å². The van der Waals surface area contributed by atoms with Crippen LogP contribution in [0.4, 0.5) is 4.79 Å². The van der Waals surface area contributed by atoms with Gasteiger partial charge in [-0.05, 0) is 12.3 Å². The van der Waals surface area contributed by atoms with Gasteiger partial charge in [0, 0.05) is 13.1 Å². The zero-order chi connectivity index (χ0) is 13.4. The molecule has 0 spiro atoms. The molecule has 6 nitrogen and oxygen atoms in total. The molecule has 0 fully saturated rings. The molecule has 0 radical (unpaired) electrons. The van der Waals surface area contributed by atoms with Crippen LogP contribution < -0.4 is 11.1 Å². The van der Waals surface area contributed by atoms with E-state index in [1.807, 2.05) is 20.8 Å². The molecule has 4 N–H and O–H groups in total. The highest BCUT2D eigenvalue weighted by Crippen LogP contribution is 2.06. The van der Waals surface area contributed by atoms with Crippen LogP contribution in [0.2, 0.25) is 0 Å². The molecule has 0 saturated carbocycles. The third kappa shape index (κ3) is 5.53. The summed E-state index contributed by atoms with van der Waals surface area (Å²) in [7, 11) is 0. The fourth-order valence-electron chi connectivity index (χ4n) is 1.59. The van der Waals surface area contributed by atoms with Crippen LogP contribution in [0.25, 0.3) is 0 Å². The Labute approximate surface area is 102 Å². The second-order valence-corrected chi connectivity index (χ2v) is 4.28. The molecule has 0 aromatic rings. The minimum absolute atomic E-state index is 0.0481. The Morgan fingerprint density at radius 3 is 2.29 bits per heavy atom. The van der Waals surface area contributed by atoms with Gasteiger partial charge >= 0.3 is 6.03 Å². The lowest BCUT2D eigenvalue weighted by molar-refractivity contribution is -0.134. The number of carbonyl (C=O) groups is 2. The van der Waals surface area contributed by atoms with Crippen LogP contribution in [0.5, 0.6) is 0 Å². The summed E-state index contributed by atoms with van der Waals surface area (Å²) in [5.41, 5.74) is 5.05. The first-order valence-electron chi connectivity index (χ1n) is 5.89. The largest absolute Gasteiger partial charge is 0.395 e. The van der Waals surface area contributed by atoms with Crippen molar-refractivity contribution in [2.24, 2.45) is 11.7 Å². The van der Waals surface area contributed by atoms with E-state index in [4.69, 9.17) is 10.8 Å². The number of primary amides is 1. The maximum atomic E-state index is 12.1. The van der Waals surface area contributed by atoms with Crippen molar-refractivity contribution in [1.82, 2.24) is 10.2 Å². The van der Waals surface area contributed by atoms with Crippen LogP contribution >= 0.6 is 0 Å². The van der Waals surface area contributed by atoms with E-state index in [0.717, 1.165) is 6.42 Å². The van der Waals surface area contributed by atoms with E-state index in [-0.39, 0.29) is 25.0 Å². The Morgan fingerprint density at radius 2 is 1.94 bits per heavy atom. The summed E-state index contributed by atoms with van der Waals surface area (Å²) in [4.78, 5) is 24.5. The summed E-state index contributed by atoms with van der Waals surface area (Å²) in [5.74, 6) is -0.247. The molecule has 3 amide bonds. The molecule has 0 heterocycles. The fraction of sp³-hybridized carbons (Fsp3) is 0.818. The molecule has 0 saturated heterocycles. The Balaban J connectivity index is 4.70. The van der Waals surface area contributed by atoms with Crippen LogP contribution in [-0.2, 0) is 4.79 Å². The number of nitrogens with one attached hydrogen (secondary N) is 1. The maximum absolute atomic E-state index is 12.1. The molecule has 0 aliphatic carbocycles. The van der Waals surface area contributed by atoms with E-state index in [0.29, 0.717) is 6.54 Å². The molecule has 17 heavy (non-hydrogen) atoms. The summed E-state index contributed by atoms with van der Waals surface area (Å²) in [6, 6.07) is -1.34. The van der Waals surface area contributed by atoms with Gasteiger partial charge in [0.1, 0.15) is 6.04 Å². The molecule has 0 aromatic heterocycles. The average Bonchev–Trinajstić information content (AvgIpc) is 2.24.